The van der Waals surface area contributed by atoms with Crippen LogP contribution < -0.4 is 0 Å². The molecule has 0 atom stereocenters. The Kier molecular flexibility index (Phi) is 3.77. The first-order valence-electron chi connectivity index (χ1n) is 6.10. The molecule has 4 nitrogen and oxygen atoms in total. The van der Waals surface area contributed by atoms with Crippen molar-refractivity contribution in [3.05, 3.63) is 47.8 Å². The third-order valence-electron chi connectivity index (χ3n) is 2.77. The summed E-state index contributed by atoms with van der Waals surface area (Å²) in [4.78, 5) is 11.2. The van der Waals surface area contributed by atoms with Gasteiger partial charge in [-0.05, 0) is 31.0 Å². The van der Waals surface area contributed by atoms with Crippen LogP contribution in [0.4, 0.5) is 0 Å². The van der Waals surface area contributed by atoms with Crippen molar-refractivity contribution in [2.75, 3.05) is 0 Å². The number of unbranched alkanes of at least 4 members (excludes halogenated alkanes) is 1. The fourth-order valence-electron chi connectivity index (χ4n) is 1.83. The van der Waals surface area contributed by atoms with Gasteiger partial charge in [-0.25, -0.2) is 9.48 Å². The molecule has 0 spiro atoms. The number of rotatable bonds is 5. The van der Waals surface area contributed by atoms with Gasteiger partial charge in [0.1, 0.15) is 0 Å². The van der Waals surface area contributed by atoms with E-state index in [1.807, 2.05) is 30.3 Å². The summed E-state index contributed by atoms with van der Waals surface area (Å²) in [5.74, 6) is -0.950. The zero-order valence-electron chi connectivity index (χ0n) is 10.3. The molecule has 0 aliphatic carbocycles. The number of carboxylic acids is 1. The molecule has 1 aromatic heterocycles. The van der Waals surface area contributed by atoms with Crippen LogP contribution in [0.15, 0.2) is 36.4 Å². The summed E-state index contributed by atoms with van der Waals surface area (Å²) in [6, 6.07) is 11.0. The highest BCUT2D eigenvalue weighted by Crippen LogP contribution is 2.14. The number of carbonyl (C=O) groups is 1. The van der Waals surface area contributed by atoms with E-state index in [0.717, 1.165) is 30.6 Å². The predicted octanol–water partition coefficient (Wildman–Crippen LogP) is 2.91. The zero-order valence-corrected chi connectivity index (χ0v) is 10.3. The first kappa shape index (κ1) is 12.4. The second-order valence-electron chi connectivity index (χ2n) is 4.18. The SMILES string of the molecule is CCCCc1cc(C(=O)O)n(-c2ccccc2)n1. The number of aromatic carboxylic acids is 1. The van der Waals surface area contributed by atoms with Gasteiger partial charge in [0.2, 0.25) is 0 Å². The second-order valence-corrected chi connectivity index (χ2v) is 4.18. The molecule has 2 rings (SSSR count). The maximum atomic E-state index is 11.2. The lowest BCUT2D eigenvalue weighted by Crippen LogP contribution is -2.07. The molecule has 0 saturated carbocycles. The molecule has 1 N–H and O–H groups in total. The standard InChI is InChI=1S/C14H16N2O2/c1-2-3-7-11-10-13(14(17)18)16(15-11)12-8-5-4-6-9-12/h4-6,8-10H,2-3,7H2,1H3,(H,17,18). The molecule has 94 valence electrons. The summed E-state index contributed by atoms with van der Waals surface area (Å²) in [5.41, 5.74) is 1.82. The zero-order chi connectivity index (χ0) is 13.0. The highest BCUT2D eigenvalue weighted by Gasteiger charge is 2.14. The number of nitrogens with zero attached hydrogens (tertiary/aromatic N) is 2. The highest BCUT2D eigenvalue weighted by atomic mass is 16.4. The molecule has 0 aliphatic heterocycles. The number of hydrogen-bond acceptors (Lipinski definition) is 2. The van der Waals surface area contributed by atoms with Crippen molar-refractivity contribution in [1.29, 1.82) is 0 Å². The van der Waals surface area contributed by atoms with Crippen molar-refractivity contribution in [3.8, 4) is 5.69 Å². The minimum Gasteiger partial charge on any atom is -0.477 e. The Morgan fingerprint density at radius 3 is 2.67 bits per heavy atom. The van der Waals surface area contributed by atoms with E-state index in [2.05, 4.69) is 12.0 Å². The molecule has 4 heteroatoms. The highest BCUT2D eigenvalue weighted by molar-refractivity contribution is 5.86. The van der Waals surface area contributed by atoms with E-state index in [9.17, 15) is 9.90 Å². The summed E-state index contributed by atoms with van der Waals surface area (Å²) in [6.45, 7) is 2.10. The smallest absolute Gasteiger partial charge is 0.354 e. The van der Waals surface area contributed by atoms with Crippen LogP contribution in [0.5, 0.6) is 0 Å². The number of para-hydroxylation sites is 1. The Balaban J connectivity index is 2.39. The molecule has 18 heavy (non-hydrogen) atoms. The molecule has 0 fully saturated rings. The maximum Gasteiger partial charge on any atom is 0.354 e. The van der Waals surface area contributed by atoms with Crippen LogP contribution in [0.2, 0.25) is 0 Å². The normalized spacial score (nSPS) is 10.5. The van der Waals surface area contributed by atoms with E-state index in [0.29, 0.717) is 0 Å². The summed E-state index contributed by atoms with van der Waals surface area (Å²) < 4.78 is 1.49. The Bertz CT molecular complexity index is 532. The second kappa shape index (κ2) is 5.49. The van der Waals surface area contributed by atoms with Crippen LogP contribution in [0.1, 0.15) is 35.9 Å². The number of benzene rings is 1. The van der Waals surface area contributed by atoms with Crippen LogP contribution in [-0.2, 0) is 6.42 Å². The molecule has 0 bridgehead atoms. The summed E-state index contributed by atoms with van der Waals surface area (Å²) in [5, 5.41) is 13.6. The van der Waals surface area contributed by atoms with E-state index < -0.39 is 5.97 Å². The van der Waals surface area contributed by atoms with Gasteiger partial charge in [0.05, 0.1) is 11.4 Å². The lowest BCUT2D eigenvalue weighted by Gasteiger charge is -2.03. The molecule has 0 amide bonds. The quantitative estimate of drug-likeness (QED) is 0.879. The first-order valence-corrected chi connectivity index (χ1v) is 6.10. The van der Waals surface area contributed by atoms with Crippen LogP contribution in [0.25, 0.3) is 5.69 Å². The van der Waals surface area contributed by atoms with Crippen molar-refractivity contribution in [2.45, 2.75) is 26.2 Å². The third kappa shape index (κ3) is 2.59. The van der Waals surface area contributed by atoms with E-state index in [4.69, 9.17) is 0 Å². The van der Waals surface area contributed by atoms with Crippen molar-refractivity contribution in [3.63, 3.8) is 0 Å². The molecule has 0 unspecified atom stereocenters. The van der Waals surface area contributed by atoms with Gasteiger partial charge in [-0.3, -0.25) is 0 Å². The van der Waals surface area contributed by atoms with Crippen molar-refractivity contribution in [1.82, 2.24) is 9.78 Å². The Morgan fingerprint density at radius 2 is 2.06 bits per heavy atom. The fraction of sp³-hybridized carbons (Fsp3) is 0.286. The Labute approximate surface area is 106 Å². The van der Waals surface area contributed by atoms with Gasteiger partial charge in [0.25, 0.3) is 0 Å². The van der Waals surface area contributed by atoms with Gasteiger partial charge in [0.15, 0.2) is 5.69 Å². The monoisotopic (exact) mass is 244 g/mol. The van der Waals surface area contributed by atoms with Gasteiger partial charge in [-0.15, -0.1) is 0 Å². The van der Waals surface area contributed by atoms with Gasteiger partial charge >= 0.3 is 5.97 Å². The average molecular weight is 244 g/mol. The van der Waals surface area contributed by atoms with Gasteiger partial charge < -0.3 is 5.11 Å². The molecule has 0 aliphatic rings. The lowest BCUT2D eigenvalue weighted by molar-refractivity contribution is 0.0687. The van der Waals surface area contributed by atoms with E-state index >= 15 is 0 Å². The topological polar surface area (TPSA) is 55.1 Å². The van der Waals surface area contributed by atoms with E-state index in [-0.39, 0.29) is 5.69 Å². The van der Waals surface area contributed by atoms with E-state index in [1.165, 1.54) is 4.68 Å². The Morgan fingerprint density at radius 1 is 1.33 bits per heavy atom. The van der Waals surface area contributed by atoms with Crippen LogP contribution in [0, 0.1) is 0 Å². The fourth-order valence-corrected chi connectivity index (χ4v) is 1.83. The largest absolute Gasteiger partial charge is 0.477 e. The lowest BCUT2D eigenvalue weighted by atomic mass is 10.2. The average Bonchev–Trinajstić information content (AvgIpc) is 2.82. The number of aryl methyl sites for hydroxylation is 1. The van der Waals surface area contributed by atoms with Crippen LogP contribution >= 0.6 is 0 Å². The van der Waals surface area contributed by atoms with Crippen molar-refractivity contribution < 1.29 is 9.90 Å². The predicted molar refractivity (Wildman–Crippen MR) is 69.1 cm³/mol. The molecular formula is C14H16N2O2. The van der Waals surface area contributed by atoms with Crippen LogP contribution in [-0.4, -0.2) is 20.9 Å². The third-order valence-corrected chi connectivity index (χ3v) is 2.77. The van der Waals surface area contributed by atoms with Gasteiger partial charge in [-0.2, -0.15) is 5.10 Å². The minimum atomic E-state index is -0.950. The summed E-state index contributed by atoms with van der Waals surface area (Å²) in [6.07, 6.45) is 2.90. The van der Waals surface area contributed by atoms with Crippen LogP contribution in [0.3, 0.4) is 0 Å². The maximum absolute atomic E-state index is 11.2. The number of hydrogen-bond donors (Lipinski definition) is 1. The van der Waals surface area contributed by atoms with E-state index in [1.54, 1.807) is 6.07 Å². The minimum absolute atomic E-state index is 0.215. The molecule has 2 aromatic rings. The number of carboxylic acid groups (broad SMARTS) is 1. The van der Waals surface area contributed by atoms with Gasteiger partial charge in [-0.1, -0.05) is 31.5 Å². The summed E-state index contributed by atoms with van der Waals surface area (Å²) in [7, 11) is 0. The Hall–Kier alpha value is -2.10. The first-order chi connectivity index (χ1) is 8.72. The van der Waals surface area contributed by atoms with Crippen molar-refractivity contribution in [2.24, 2.45) is 0 Å². The molecular weight excluding hydrogens is 228 g/mol. The van der Waals surface area contributed by atoms with Gasteiger partial charge in [0, 0.05) is 0 Å². The molecule has 0 saturated heterocycles. The molecule has 0 radical (unpaired) electrons. The number of aromatic nitrogens is 2. The van der Waals surface area contributed by atoms with Crippen molar-refractivity contribution >= 4 is 5.97 Å². The molecule has 1 aromatic carbocycles. The summed E-state index contributed by atoms with van der Waals surface area (Å²) >= 11 is 0. The molecule has 1 heterocycles.